The summed E-state index contributed by atoms with van der Waals surface area (Å²) in [6.45, 7) is 4.50. The topological polar surface area (TPSA) is 46.7 Å². The van der Waals surface area contributed by atoms with E-state index in [1.165, 1.54) is 5.69 Å². The number of ether oxygens (including phenoxy) is 1. The quantitative estimate of drug-likeness (QED) is 0.621. The molecule has 1 aromatic carbocycles. The van der Waals surface area contributed by atoms with Crippen molar-refractivity contribution in [3.05, 3.63) is 46.6 Å². The van der Waals surface area contributed by atoms with E-state index in [1.807, 2.05) is 29.6 Å². The number of hydrogen-bond donors (Lipinski definition) is 0. The maximum Gasteiger partial charge on any atom is 0.288 e. The maximum absolute atomic E-state index is 5.64. The zero-order chi connectivity index (χ0) is 17.9. The molecule has 0 atom stereocenters. The maximum atomic E-state index is 5.64. The SMILES string of the molecule is COc1ccc(N2CCN(Cn3nc(-c4cccs4)oc3=S)CC2)cc1. The Hall–Kier alpha value is -2.16. The van der Waals surface area contributed by atoms with Crippen LogP contribution in [0.1, 0.15) is 0 Å². The van der Waals surface area contributed by atoms with Gasteiger partial charge < -0.3 is 14.1 Å². The van der Waals surface area contributed by atoms with Gasteiger partial charge in [0.05, 0.1) is 18.7 Å². The van der Waals surface area contributed by atoms with E-state index in [0.29, 0.717) is 17.4 Å². The van der Waals surface area contributed by atoms with Crippen LogP contribution in [0.3, 0.4) is 0 Å². The van der Waals surface area contributed by atoms with Gasteiger partial charge in [-0.1, -0.05) is 6.07 Å². The second kappa shape index (κ2) is 7.61. The molecule has 0 radical (unpaired) electrons. The van der Waals surface area contributed by atoms with E-state index >= 15 is 0 Å². The van der Waals surface area contributed by atoms with Crippen molar-refractivity contribution in [2.75, 3.05) is 38.2 Å². The van der Waals surface area contributed by atoms with E-state index in [2.05, 4.69) is 27.0 Å². The van der Waals surface area contributed by atoms with E-state index in [1.54, 1.807) is 23.1 Å². The lowest BCUT2D eigenvalue weighted by molar-refractivity contribution is 0.192. The lowest BCUT2D eigenvalue weighted by Gasteiger charge is -2.35. The summed E-state index contributed by atoms with van der Waals surface area (Å²) in [6, 6.07) is 12.2. The monoisotopic (exact) mass is 388 g/mol. The van der Waals surface area contributed by atoms with Crippen molar-refractivity contribution < 1.29 is 9.15 Å². The largest absolute Gasteiger partial charge is 0.497 e. The van der Waals surface area contributed by atoms with Gasteiger partial charge in [-0.15, -0.1) is 16.4 Å². The first-order chi connectivity index (χ1) is 12.7. The van der Waals surface area contributed by atoms with Crippen LogP contribution in [0, 0.1) is 4.84 Å². The summed E-state index contributed by atoms with van der Waals surface area (Å²) < 4.78 is 12.6. The fourth-order valence-electron chi connectivity index (χ4n) is 3.03. The Morgan fingerprint density at radius 3 is 2.58 bits per heavy atom. The number of piperazine rings is 1. The van der Waals surface area contributed by atoms with Crippen LogP contribution in [0.4, 0.5) is 5.69 Å². The van der Waals surface area contributed by atoms with Crippen LogP contribution in [0.25, 0.3) is 10.8 Å². The summed E-state index contributed by atoms with van der Waals surface area (Å²) >= 11 is 6.93. The number of benzene rings is 1. The molecule has 0 aliphatic carbocycles. The second-order valence-electron chi connectivity index (χ2n) is 6.09. The highest BCUT2D eigenvalue weighted by molar-refractivity contribution is 7.71. The van der Waals surface area contributed by atoms with Gasteiger partial charge in [0.15, 0.2) is 0 Å². The number of hydrogen-bond acceptors (Lipinski definition) is 7. The van der Waals surface area contributed by atoms with Gasteiger partial charge in [0.25, 0.3) is 10.7 Å². The van der Waals surface area contributed by atoms with E-state index in [9.17, 15) is 0 Å². The van der Waals surface area contributed by atoms with Crippen LogP contribution in [-0.2, 0) is 6.67 Å². The molecule has 0 unspecified atom stereocenters. The minimum atomic E-state index is 0.422. The molecule has 0 N–H and O–H groups in total. The highest BCUT2D eigenvalue weighted by atomic mass is 32.1. The van der Waals surface area contributed by atoms with Crippen molar-refractivity contribution in [2.45, 2.75) is 6.67 Å². The molecule has 6 nitrogen and oxygen atoms in total. The van der Waals surface area contributed by atoms with Gasteiger partial charge >= 0.3 is 0 Å². The molecule has 1 fully saturated rings. The van der Waals surface area contributed by atoms with Crippen molar-refractivity contribution in [3.8, 4) is 16.5 Å². The fraction of sp³-hybridized carbons (Fsp3) is 0.333. The van der Waals surface area contributed by atoms with Crippen LogP contribution >= 0.6 is 23.6 Å². The van der Waals surface area contributed by atoms with Crippen molar-refractivity contribution in [1.82, 2.24) is 14.7 Å². The number of anilines is 1. The van der Waals surface area contributed by atoms with Crippen LogP contribution in [0.2, 0.25) is 0 Å². The summed E-state index contributed by atoms with van der Waals surface area (Å²) in [5, 5.41) is 6.53. The highest BCUT2D eigenvalue weighted by Crippen LogP contribution is 2.24. The molecular formula is C18H20N4O2S2. The lowest BCUT2D eigenvalue weighted by atomic mass is 10.2. The van der Waals surface area contributed by atoms with E-state index in [-0.39, 0.29) is 0 Å². The normalized spacial score (nSPS) is 15.3. The molecule has 0 amide bonds. The summed E-state index contributed by atoms with van der Waals surface area (Å²) in [5.41, 5.74) is 1.23. The molecule has 3 aromatic rings. The first-order valence-corrected chi connectivity index (χ1v) is 9.75. The average molecular weight is 389 g/mol. The Morgan fingerprint density at radius 2 is 1.92 bits per heavy atom. The molecule has 0 saturated carbocycles. The molecule has 4 rings (SSSR count). The zero-order valence-electron chi connectivity index (χ0n) is 14.5. The zero-order valence-corrected chi connectivity index (χ0v) is 16.1. The Morgan fingerprint density at radius 1 is 1.15 bits per heavy atom. The molecule has 1 saturated heterocycles. The van der Waals surface area contributed by atoms with E-state index in [4.69, 9.17) is 21.4 Å². The number of rotatable bonds is 5. The number of thiophene rings is 1. The first-order valence-electron chi connectivity index (χ1n) is 8.46. The predicted octanol–water partition coefficient (Wildman–Crippen LogP) is 3.72. The fourth-order valence-corrected chi connectivity index (χ4v) is 3.85. The molecule has 0 spiro atoms. The molecule has 26 heavy (non-hydrogen) atoms. The van der Waals surface area contributed by atoms with Gasteiger partial charge in [0, 0.05) is 31.9 Å². The van der Waals surface area contributed by atoms with Crippen molar-refractivity contribution >= 4 is 29.2 Å². The minimum Gasteiger partial charge on any atom is -0.497 e. The molecule has 8 heteroatoms. The lowest BCUT2D eigenvalue weighted by Crippen LogP contribution is -2.46. The standard InChI is InChI=1S/C18H20N4O2S2/c1-23-15-6-4-14(5-7-15)21-10-8-20(9-11-21)13-22-18(25)24-17(19-22)16-3-2-12-26-16/h2-7,12H,8-11,13H2,1H3. The van der Waals surface area contributed by atoms with Crippen LogP contribution in [0.15, 0.2) is 46.2 Å². The summed E-state index contributed by atoms with van der Waals surface area (Å²) in [6.07, 6.45) is 0. The van der Waals surface area contributed by atoms with Gasteiger partial charge in [-0.25, -0.2) is 4.68 Å². The van der Waals surface area contributed by atoms with Gasteiger partial charge in [-0.3, -0.25) is 4.90 Å². The summed E-state index contributed by atoms with van der Waals surface area (Å²) in [5.74, 6) is 1.48. The van der Waals surface area contributed by atoms with Crippen molar-refractivity contribution in [2.24, 2.45) is 0 Å². The number of nitrogens with zero attached hydrogens (tertiary/aromatic N) is 4. The predicted molar refractivity (Wildman–Crippen MR) is 105 cm³/mol. The molecule has 3 heterocycles. The van der Waals surface area contributed by atoms with Crippen molar-refractivity contribution in [3.63, 3.8) is 0 Å². The molecular weight excluding hydrogens is 368 g/mol. The average Bonchev–Trinajstić information content (AvgIpc) is 3.33. The Bertz CT molecular complexity index is 894. The third-order valence-electron chi connectivity index (χ3n) is 4.48. The third kappa shape index (κ3) is 3.67. The third-order valence-corrected chi connectivity index (χ3v) is 5.63. The summed E-state index contributed by atoms with van der Waals surface area (Å²) in [4.78, 5) is 6.15. The molecule has 1 aliphatic rings. The smallest absolute Gasteiger partial charge is 0.288 e. The summed E-state index contributed by atoms with van der Waals surface area (Å²) in [7, 11) is 1.69. The van der Waals surface area contributed by atoms with Gasteiger partial charge in [-0.2, -0.15) is 0 Å². The first kappa shape index (κ1) is 17.3. The minimum absolute atomic E-state index is 0.422. The molecule has 0 bridgehead atoms. The van der Waals surface area contributed by atoms with E-state index < -0.39 is 0 Å². The Kier molecular flexibility index (Phi) is 5.05. The Balaban J connectivity index is 1.37. The molecule has 1 aliphatic heterocycles. The molecule has 2 aromatic heterocycles. The number of aromatic nitrogens is 2. The second-order valence-corrected chi connectivity index (χ2v) is 7.39. The van der Waals surface area contributed by atoms with Crippen LogP contribution in [0.5, 0.6) is 5.75 Å². The van der Waals surface area contributed by atoms with Gasteiger partial charge in [0.1, 0.15) is 5.75 Å². The van der Waals surface area contributed by atoms with Crippen LogP contribution in [-0.4, -0.2) is 48.0 Å². The molecule has 136 valence electrons. The highest BCUT2D eigenvalue weighted by Gasteiger charge is 2.19. The Labute approximate surface area is 161 Å². The van der Waals surface area contributed by atoms with Crippen molar-refractivity contribution in [1.29, 1.82) is 0 Å². The van der Waals surface area contributed by atoms with Crippen LogP contribution < -0.4 is 9.64 Å². The number of methoxy groups -OCH3 is 1. The van der Waals surface area contributed by atoms with Gasteiger partial charge in [0.2, 0.25) is 0 Å². The van der Waals surface area contributed by atoms with Gasteiger partial charge in [-0.05, 0) is 47.9 Å². The van der Waals surface area contributed by atoms with E-state index in [0.717, 1.165) is 36.8 Å².